The van der Waals surface area contributed by atoms with Crippen LogP contribution < -0.4 is 20.3 Å². The van der Waals surface area contributed by atoms with Crippen LogP contribution in [0, 0.1) is 0 Å². The maximum Gasteiger partial charge on any atom is 0.171 e. The second-order valence-electron chi connectivity index (χ2n) is 7.02. The molecule has 0 aliphatic rings. The third kappa shape index (κ3) is 5.71. The summed E-state index contributed by atoms with van der Waals surface area (Å²) >= 11 is 5.47. The van der Waals surface area contributed by atoms with Crippen molar-refractivity contribution >= 4 is 23.0 Å². The number of ether oxygens (including phenoxy) is 1. The maximum absolute atomic E-state index is 5.47. The average Bonchev–Trinajstić information content (AvgIpc) is 2.62. The van der Waals surface area contributed by atoms with Crippen LogP contribution in [0.3, 0.4) is 0 Å². The van der Waals surface area contributed by atoms with E-state index in [-0.39, 0.29) is 6.04 Å². The van der Waals surface area contributed by atoms with Gasteiger partial charge in [0.2, 0.25) is 0 Å². The van der Waals surface area contributed by atoms with Crippen molar-refractivity contribution in [3.8, 4) is 5.75 Å². The van der Waals surface area contributed by atoms with Gasteiger partial charge in [-0.1, -0.05) is 38.1 Å². The topological polar surface area (TPSA) is 37.7 Å². The summed E-state index contributed by atoms with van der Waals surface area (Å²) in [5, 5.41) is 7.24. The van der Waals surface area contributed by atoms with E-state index in [0.29, 0.717) is 11.0 Å². The zero-order valence-electron chi connectivity index (χ0n) is 16.3. The number of thiocarbonyl (C=S) groups is 1. The number of hydrogen-bond donors (Lipinski definition) is 3. The first-order chi connectivity index (χ1) is 12.4. The van der Waals surface area contributed by atoms with Crippen LogP contribution in [-0.4, -0.2) is 32.9 Å². The summed E-state index contributed by atoms with van der Waals surface area (Å²) < 4.78 is 5.35. The summed E-state index contributed by atoms with van der Waals surface area (Å²) in [7, 11) is 5.98. The van der Waals surface area contributed by atoms with Crippen molar-refractivity contribution in [1.29, 1.82) is 0 Å². The minimum atomic E-state index is 0.271. The first-order valence-electron chi connectivity index (χ1n) is 8.99. The Morgan fingerprint density at radius 3 is 2.35 bits per heavy atom. The summed E-state index contributed by atoms with van der Waals surface area (Å²) in [6.45, 7) is 5.12. The van der Waals surface area contributed by atoms with Gasteiger partial charge in [0.15, 0.2) is 5.11 Å². The number of hydrogen-bond acceptors (Lipinski definition) is 2. The van der Waals surface area contributed by atoms with Crippen molar-refractivity contribution in [2.75, 3.05) is 33.1 Å². The molecule has 2 aromatic carbocycles. The van der Waals surface area contributed by atoms with Crippen LogP contribution in [-0.2, 0) is 0 Å². The molecule has 140 valence electrons. The molecule has 0 heterocycles. The highest BCUT2D eigenvalue weighted by atomic mass is 32.1. The van der Waals surface area contributed by atoms with Gasteiger partial charge in [-0.25, -0.2) is 0 Å². The van der Waals surface area contributed by atoms with Gasteiger partial charge in [0.1, 0.15) is 11.8 Å². The van der Waals surface area contributed by atoms with E-state index in [1.54, 1.807) is 7.11 Å². The molecule has 0 spiro atoms. The molecule has 5 heteroatoms. The Morgan fingerprint density at radius 2 is 1.77 bits per heavy atom. The summed E-state index contributed by atoms with van der Waals surface area (Å²) in [6, 6.07) is 16.9. The van der Waals surface area contributed by atoms with Gasteiger partial charge in [-0.05, 0) is 48.0 Å². The number of anilines is 1. The molecule has 0 saturated heterocycles. The SMILES string of the molecule is COc1cccc([C@@H](CNC(=S)Nc2ccc(C(C)C)cc2)[NH+](C)C)c1. The Bertz CT molecular complexity index is 713. The molecule has 0 unspecified atom stereocenters. The molecular weight excluding hydrogens is 342 g/mol. The lowest BCUT2D eigenvalue weighted by Gasteiger charge is -2.23. The largest absolute Gasteiger partial charge is 0.497 e. The van der Waals surface area contributed by atoms with Gasteiger partial charge in [0.05, 0.1) is 27.7 Å². The van der Waals surface area contributed by atoms with Crippen molar-refractivity contribution in [2.45, 2.75) is 25.8 Å². The monoisotopic (exact) mass is 372 g/mol. The second kappa shape index (κ2) is 9.55. The van der Waals surface area contributed by atoms with Crippen LogP contribution >= 0.6 is 12.2 Å². The van der Waals surface area contributed by atoms with Crippen molar-refractivity contribution in [2.24, 2.45) is 0 Å². The molecule has 0 saturated carbocycles. The number of benzene rings is 2. The fourth-order valence-corrected chi connectivity index (χ4v) is 3.04. The van der Waals surface area contributed by atoms with Gasteiger partial charge in [-0.15, -0.1) is 0 Å². The van der Waals surface area contributed by atoms with Crippen LogP contribution in [0.25, 0.3) is 0 Å². The summed E-state index contributed by atoms with van der Waals surface area (Å²) in [4.78, 5) is 1.33. The van der Waals surface area contributed by atoms with E-state index in [1.807, 2.05) is 12.1 Å². The van der Waals surface area contributed by atoms with Crippen molar-refractivity contribution in [3.63, 3.8) is 0 Å². The standard InChI is InChI=1S/C21H29N3OS/c1-15(2)16-9-11-18(12-10-16)23-21(26)22-14-20(24(3)4)17-7-6-8-19(13-17)25-5/h6-13,15,20H,14H2,1-5H3,(H2,22,23,26)/p+1/t20-/m1/s1. The lowest BCUT2D eigenvalue weighted by Crippen LogP contribution is -3.07. The molecule has 0 fully saturated rings. The lowest BCUT2D eigenvalue weighted by atomic mass is 10.0. The maximum atomic E-state index is 5.47. The zero-order chi connectivity index (χ0) is 19.1. The van der Waals surface area contributed by atoms with Crippen LogP contribution in [0.5, 0.6) is 5.75 Å². The molecule has 2 rings (SSSR count). The van der Waals surface area contributed by atoms with E-state index in [0.717, 1.165) is 18.0 Å². The Kier molecular flexibility index (Phi) is 7.42. The molecular formula is C21H30N3OS+. The first kappa shape index (κ1) is 20.2. The van der Waals surface area contributed by atoms with E-state index < -0.39 is 0 Å². The summed E-state index contributed by atoms with van der Waals surface area (Å²) in [6.07, 6.45) is 0. The van der Waals surface area contributed by atoms with Gasteiger partial charge < -0.3 is 20.3 Å². The first-order valence-corrected chi connectivity index (χ1v) is 9.40. The second-order valence-corrected chi connectivity index (χ2v) is 7.43. The summed E-state index contributed by atoms with van der Waals surface area (Å²) in [5.74, 6) is 1.40. The summed E-state index contributed by atoms with van der Waals surface area (Å²) in [5.41, 5.74) is 3.55. The van der Waals surface area contributed by atoms with Gasteiger partial charge in [0, 0.05) is 11.3 Å². The lowest BCUT2D eigenvalue weighted by molar-refractivity contribution is -0.890. The highest BCUT2D eigenvalue weighted by Crippen LogP contribution is 2.18. The van der Waals surface area contributed by atoms with Crippen LogP contribution in [0.2, 0.25) is 0 Å². The zero-order valence-corrected chi connectivity index (χ0v) is 17.1. The van der Waals surface area contributed by atoms with E-state index >= 15 is 0 Å². The Morgan fingerprint density at radius 1 is 1.08 bits per heavy atom. The van der Waals surface area contributed by atoms with Crippen LogP contribution in [0.4, 0.5) is 5.69 Å². The van der Waals surface area contributed by atoms with Gasteiger partial charge in [-0.3, -0.25) is 0 Å². The third-order valence-electron chi connectivity index (χ3n) is 4.50. The van der Waals surface area contributed by atoms with E-state index in [1.165, 1.54) is 16.0 Å². The Labute approximate surface area is 162 Å². The van der Waals surface area contributed by atoms with Crippen molar-refractivity contribution < 1.29 is 9.64 Å². The highest BCUT2D eigenvalue weighted by molar-refractivity contribution is 7.80. The highest BCUT2D eigenvalue weighted by Gasteiger charge is 2.18. The molecule has 0 aliphatic carbocycles. The molecule has 0 aromatic heterocycles. The van der Waals surface area contributed by atoms with Crippen LogP contribution in [0.1, 0.15) is 36.9 Å². The quantitative estimate of drug-likeness (QED) is 0.653. The predicted molar refractivity (Wildman–Crippen MR) is 113 cm³/mol. The molecule has 0 radical (unpaired) electrons. The molecule has 26 heavy (non-hydrogen) atoms. The predicted octanol–water partition coefficient (Wildman–Crippen LogP) is 2.99. The van der Waals surface area contributed by atoms with E-state index in [9.17, 15) is 0 Å². The normalized spacial score (nSPS) is 12.1. The van der Waals surface area contributed by atoms with Crippen molar-refractivity contribution in [1.82, 2.24) is 5.32 Å². The van der Waals surface area contributed by atoms with Gasteiger partial charge in [0.25, 0.3) is 0 Å². The molecule has 1 atom stereocenters. The number of nitrogens with one attached hydrogen (secondary N) is 3. The molecule has 3 N–H and O–H groups in total. The molecule has 4 nitrogen and oxygen atoms in total. The third-order valence-corrected chi connectivity index (χ3v) is 4.74. The van der Waals surface area contributed by atoms with Gasteiger partial charge >= 0.3 is 0 Å². The number of likely N-dealkylation sites (N-methyl/N-ethyl adjacent to an activating group) is 1. The van der Waals surface area contributed by atoms with Crippen molar-refractivity contribution in [3.05, 3.63) is 59.7 Å². The Hall–Kier alpha value is -2.11. The number of rotatable bonds is 7. The minimum absolute atomic E-state index is 0.271. The van der Waals surface area contributed by atoms with Gasteiger partial charge in [-0.2, -0.15) is 0 Å². The average molecular weight is 373 g/mol. The van der Waals surface area contributed by atoms with E-state index in [4.69, 9.17) is 17.0 Å². The smallest absolute Gasteiger partial charge is 0.171 e. The molecule has 0 aliphatic heterocycles. The van der Waals surface area contributed by atoms with E-state index in [2.05, 4.69) is 75.0 Å². The fourth-order valence-electron chi connectivity index (χ4n) is 2.83. The Balaban J connectivity index is 1.96. The number of quaternary nitrogens is 1. The molecule has 0 amide bonds. The molecule has 0 bridgehead atoms. The fraction of sp³-hybridized carbons (Fsp3) is 0.381. The number of methoxy groups -OCH3 is 1. The minimum Gasteiger partial charge on any atom is -0.497 e. The van der Waals surface area contributed by atoms with Crippen LogP contribution in [0.15, 0.2) is 48.5 Å². The molecule has 2 aromatic rings.